The van der Waals surface area contributed by atoms with E-state index >= 15 is 4.39 Å². The lowest BCUT2D eigenvalue weighted by atomic mass is 9.57. The number of halogens is 1. The van der Waals surface area contributed by atoms with Crippen LogP contribution in [0.5, 0.6) is 5.75 Å². The van der Waals surface area contributed by atoms with Gasteiger partial charge < -0.3 is 26.2 Å². The fourth-order valence-electron chi connectivity index (χ4n) is 7.54. The van der Waals surface area contributed by atoms with Crippen LogP contribution in [0.2, 0.25) is 0 Å². The molecule has 1 amide bonds. The van der Waals surface area contributed by atoms with Crippen LogP contribution in [0, 0.1) is 23.6 Å². The number of hydrogen-bond acceptors (Lipinski definition) is 9. The number of carbonyl (C=O) groups excluding carboxylic acids is 3. The van der Waals surface area contributed by atoms with Gasteiger partial charge in [0.25, 0.3) is 5.91 Å². The minimum Gasteiger partial charge on any atom is -0.508 e. The molecule has 2 aromatic carbocycles. The molecule has 4 aliphatic rings. The number of benzene rings is 2. The third-order valence-electron chi connectivity index (χ3n) is 9.90. The molecule has 0 bridgehead atoms. The van der Waals surface area contributed by atoms with Crippen molar-refractivity contribution in [2.75, 3.05) is 27.2 Å². The molecule has 11 heteroatoms. The number of likely N-dealkylation sites (N-methyl/N-ethyl adjacent to an activating group) is 1. The summed E-state index contributed by atoms with van der Waals surface area (Å²) in [6.45, 7) is 1.72. The Morgan fingerprint density at radius 2 is 1.80 bits per heavy atom. The van der Waals surface area contributed by atoms with Gasteiger partial charge in [-0.15, -0.1) is 0 Å². The number of Topliss-reactive ketones (excluding diaryl/α,β-unsaturated/α-hetero) is 2. The van der Waals surface area contributed by atoms with E-state index in [2.05, 4.69) is 4.90 Å². The van der Waals surface area contributed by atoms with Gasteiger partial charge in [-0.25, -0.2) is 4.39 Å². The Labute approximate surface area is 260 Å². The van der Waals surface area contributed by atoms with Crippen molar-refractivity contribution >= 4 is 23.2 Å². The standard InChI is InChI=1S/C34H38FN3O7/c1-37(2)28-22-13-19-12-21-25(29(40)24(19)31(42)34(22,45)32(43)26(30(28)41)33(36)44)23(39)14-20(27(21)35)16-38(15-18-8-9-18)11-10-17-6-4-3-5-7-17/h3-7,14,18-19,22,28,39-40,43,45H,8-13,15-16H2,1-2H3,(H2,36,44)/t19-,22-,28-,34-/m0/s1. The monoisotopic (exact) mass is 619 g/mol. The maximum atomic E-state index is 16.4. The first-order chi connectivity index (χ1) is 21.3. The predicted molar refractivity (Wildman–Crippen MR) is 162 cm³/mol. The van der Waals surface area contributed by atoms with E-state index in [-0.39, 0.29) is 41.6 Å². The maximum absolute atomic E-state index is 16.4. The number of nitrogens with zero attached hydrogens (tertiary/aromatic N) is 2. The predicted octanol–water partition coefficient (Wildman–Crippen LogP) is 2.56. The van der Waals surface area contributed by atoms with Gasteiger partial charge in [-0.05, 0) is 69.7 Å². The highest BCUT2D eigenvalue weighted by atomic mass is 19.1. The van der Waals surface area contributed by atoms with Crippen LogP contribution in [0.3, 0.4) is 0 Å². The maximum Gasteiger partial charge on any atom is 0.255 e. The summed E-state index contributed by atoms with van der Waals surface area (Å²) in [6.07, 6.45) is 2.83. The quantitative estimate of drug-likeness (QED) is 0.265. The molecule has 45 heavy (non-hydrogen) atoms. The zero-order chi connectivity index (χ0) is 32.4. The van der Waals surface area contributed by atoms with E-state index in [1.165, 1.54) is 25.1 Å². The van der Waals surface area contributed by atoms with Crippen LogP contribution in [0.15, 0.2) is 53.3 Å². The van der Waals surface area contributed by atoms with Gasteiger partial charge >= 0.3 is 0 Å². The number of aliphatic hydroxyl groups is 3. The first-order valence-corrected chi connectivity index (χ1v) is 15.3. The molecule has 0 heterocycles. The summed E-state index contributed by atoms with van der Waals surface area (Å²) in [5.41, 5.74) is 2.68. The number of phenols is 1. The van der Waals surface area contributed by atoms with Crippen molar-refractivity contribution in [2.24, 2.45) is 23.5 Å². The van der Waals surface area contributed by atoms with Crippen molar-refractivity contribution in [3.63, 3.8) is 0 Å². The molecule has 0 saturated heterocycles. The molecule has 0 aliphatic heterocycles. The molecule has 6 rings (SSSR count). The van der Waals surface area contributed by atoms with Crippen LogP contribution < -0.4 is 5.73 Å². The fourth-order valence-corrected chi connectivity index (χ4v) is 7.54. The van der Waals surface area contributed by atoms with Gasteiger partial charge in [0.1, 0.15) is 28.7 Å². The average Bonchev–Trinajstić information content (AvgIpc) is 3.80. The zero-order valence-corrected chi connectivity index (χ0v) is 25.3. The summed E-state index contributed by atoms with van der Waals surface area (Å²) >= 11 is 0. The number of amides is 1. The molecule has 4 atom stereocenters. The van der Waals surface area contributed by atoms with Crippen molar-refractivity contribution in [3.05, 3.63) is 81.4 Å². The highest BCUT2D eigenvalue weighted by Crippen LogP contribution is 2.53. The van der Waals surface area contributed by atoms with E-state index in [1.54, 1.807) is 0 Å². The SMILES string of the molecule is CN(C)[C@@H]1C(=O)C(C(N)=O)=C(O)[C@@]2(O)C(=O)C3=C(O)c4c(O)cc(CN(CCc5ccccc5)CC5CC5)c(F)c4C[C@H]3C[C@@H]12. The van der Waals surface area contributed by atoms with E-state index in [9.17, 15) is 34.8 Å². The van der Waals surface area contributed by atoms with Gasteiger partial charge in [-0.3, -0.25) is 24.2 Å². The Bertz CT molecular complexity index is 1650. The Morgan fingerprint density at radius 3 is 2.42 bits per heavy atom. The normalized spacial score (nSPS) is 26.3. The molecule has 10 nitrogen and oxygen atoms in total. The van der Waals surface area contributed by atoms with Gasteiger partial charge in [-0.2, -0.15) is 0 Å². The summed E-state index contributed by atoms with van der Waals surface area (Å²) in [5.74, 6) is -7.63. The van der Waals surface area contributed by atoms with Crippen LogP contribution in [-0.4, -0.2) is 86.5 Å². The average molecular weight is 620 g/mol. The number of nitrogens with two attached hydrogens (primary N) is 1. The number of rotatable bonds is 9. The fraction of sp³-hybridized carbons (Fsp3) is 0.441. The van der Waals surface area contributed by atoms with Gasteiger partial charge in [-0.1, -0.05) is 30.3 Å². The number of primary amides is 1. The molecule has 238 valence electrons. The minimum atomic E-state index is -2.74. The number of hydrogen-bond donors (Lipinski definition) is 5. The van der Waals surface area contributed by atoms with Crippen molar-refractivity contribution in [2.45, 2.75) is 50.3 Å². The molecule has 0 aromatic heterocycles. The second kappa shape index (κ2) is 11.4. The Balaban J connectivity index is 1.37. The summed E-state index contributed by atoms with van der Waals surface area (Å²) in [5, 5.41) is 45.2. The number of aliphatic hydroxyl groups excluding tert-OH is 2. The number of fused-ring (bicyclic) bond motifs is 3. The number of ketones is 2. The molecular weight excluding hydrogens is 581 g/mol. The topological polar surface area (TPSA) is 165 Å². The van der Waals surface area contributed by atoms with E-state index < -0.39 is 69.6 Å². The molecule has 0 radical (unpaired) electrons. The van der Waals surface area contributed by atoms with Crippen LogP contribution in [0.1, 0.15) is 41.5 Å². The molecule has 4 aliphatic carbocycles. The van der Waals surface area contributed by atoms with Crippen LogP contribution in [0.4, 0.5) is 4.39 Å². The van der Waals surface area contributed by atoms with Crippen LogP contribution >= 0.6 is 0 Å². The Morgan fingerprint density at radius 1 is 1.11 bits per heavy atom. The zero-order valence-electron chi connectivity index (χ0n) is 25.3. The second-order valence-corrected chi connectivity index (χ2v) is 13.1. The van der Waals surface area contributed by atoms with Gasteiger partial charge in [0.15, 0.2) is 11.4 Å². The van der Waals surface area contributed by atoms with Crippen LogP contribution in [0.25, 0.3) is 5.76 Å². The summed E-state index contributed by atoms with van der Waals surface area (Å²) < 4.78 is 16.4. The third-order valence-corrected chi connectivity index (χ3v) is 9.90. The van der Waals surface area contributed by atoms with E-state index in [0.29, 0.717) is 12.5 Å². The molecule has 0 spiro atoms. The second-order valence-electron chi connectivity index (χ2n) is 13.1. The van der Waals surface area contributed by atoms with Gasteiger partial charge in [0, 0.05) is 42.3 Å². The molecule has 2 fully saturated rings. The number of aromatic hydroxyl groups is 1. The lowest BCUT2D eigenvalue weighted by molar-refractivity contribution is -0.153. The minimum absolute atomic E-state index is 0.0463. The highest BCUT2D eigenvalue weighted by molar-refractivity contribution is 6.24. The lowest BCUT2D eigenvalue weighted by Gasteiger charge is -2.50. The third kappa shape index (κ3) is 5.12. The first kappa shape index (κ1) is 30.9. The number of carbonyl (C=O) groups is 3. The largest absolute Gasteiger partial charge is 0.508 e. The Hall–Kier alpha value is -4.06. The molecule has 2 aromatic rings. The van der Waals surface area contributed by atoms with Gasteiger partial charge in [0.05, 0.1) is 11.6 Å². The molecule has 6 N–H and O–H groups in total. The smallest absolute Gasteiger partial charge is 0.255 e. The highest BCUT2D eigenvalue weighted by Gasteiger charge is 2.64. The molecule has 0 unspecified atom stereocenters. The van der Waals surface area contributed by atoms with E-state index in [4.69, 9.17) is 5.73 Å². The van der Waals surface area contributed by atoms with Crippen molar-refractivity contribution < 1.29 is 39.2 Å². The molecule has 2 saturated carbocycles. The van der Waals surface area contributed by atoms with Crippen molar-refractivity contribution in [1.82, 2.24) is 9.80 Å². The Kier molecular flexibility index (Phi) is 7.83. The van der Waals surface area contributed by atoms with Gasteiger partial charge in [0.2, 0.25) is 5.78 Å². The van der Waals surface area contributed by atoms with Crippen molar-refractivity contribution in [3.8, 4) is 5.75 Å². The summed E-state index contributed by atoms with van der Waals surface area (Å²) in [7, 11) is 3.06. The van der Waals surface area contributed by atoms with E-state index in [0.717, 1.165) is 31.4 Å². The summed E-state index contributed by atoms with van der Waals surface area (Å²) in [4.78, 5) is 43.0. The first-order valence-electron chi connectivity index (χ1n) is 15.3. The van der Waals surface area contributed by atoms with Crippen LogP contribution in [-0.2, 0) is 33.8 Å². The number of phenolic OH excluding ortho intramolecular Hbond substituents is 1. The summed E-state index contributed by atoms with van der Waals surface area (Å²) in [6, 6.07) is 10.1. The lowest BCUT2D eigenvalue weighted by Crippen LogP contribution is -2.65. The van der Waals surface area contributed by atoms with Crippen molar-refractivity contribution in [1.29, 1.82) is 0 Å². The molecular formula is C34H38FN3O7. The van der Waals surface area contributed by atoms with E-state index in [1.807, 2.05) is 30.3 Å².